The fourth-order valence-electron chi connectivity index (χ4n) is 2.58. The van der Waals surface area contributed by atoms with Gasteiger partial charge in [0.15, 0.2) is 0 Å². The lowest BCUT2D eigenvalue weighted by atomic mass is 10.1. The number of halogens is 1. The Morgan fingerprint density at radius 1 is 1.36 bits per heavy atom. The number of nitrogens with zero attached hydrogens (tertiary/aromatic N) is 1. The monoisotopic (exact) mass is 319 g/mol. The maximum atomic E-state index is 13.6. The van der Waals surface area contributed by atoms with Crippen molar-refractivity contribution in [1.82, 2.24) is 4.90 Å². The summed E-state index contributed by atoms with van der Waals surface area (Å²) in [6, 6.07) is 8.55. The highest BCUT2D eigenvalue weighted by Crippen LogP contribution is 2.34. The van der Waals surface area contributed by atoms with Crippen LogP contribution in [-0.2, 0) is 0 Å². The highest BCUT2D eigenvalue weighted by Gasteiger charge is 2.24. The highest BCUT2D eigenvalue weighted by atomic mass is 32.2. The predicted molar refractivity (Wildman–Crippen MR) is 85.6 cm³/mol. The van der Waals surface area contributed by atoms with E-state index < -0.39 is 0 Å². The molecule has 116 valence electrons. The number of aryl methyl sites for hydroxylation is 1. The van der Waals surface area contributed by atoms with Gasteiger partial charge >= 0.3 is 0 Å². The Kier molecular flexibility index (Phi) is 4.52. The first-order valence-electron chi connectivity index (χ1n) is 7.35. The zero-order chi connectivity index (χ0) is 15.5. The SMILES string of the molecule is Cc1ccc(C(=O)N2CCS[C@H](c3ccco3)CC2)cc1F. The number of furan rings is 1. The maximum absolute atomic E-state index is 13.6. The lowest BCUT2D eigenvalue weighted by Crippen LogP contribution is -2.33. The van der Waals surface area contributed by atoms with Gasteiger partial charge in [-0.25, -0.2) is 4.39 Å². The van der Waals surface area contributed by atoms with Crippen LogP contribution in [0.15, 0.2) is 41.0 Å². The van der Waals surface area contributed by atoms with E-state index in [0.29, 0.717) is 24.2 Å². The molecule has 1 amide bonds. The number of amides is 1. The van der Waals surface area contributed by atoms with E-state index in [1.807, 2.05) is 12.1 Å². The lowest BCUT2D eigenvalue weighted by Gasteiger charge is -2.20. The van der Waals surface area contributed by atoms with Crippen LogP contribution in [0, 0.1) is 12.7 Å². The lowest BCUT2D eigenvalue weighted by molar-refractivity contribution is 0.0765. The molecule has 3 rings (SSSR count). The third-order valence-corrected chi connectivity index (χ3v) is 5.20. The first-order valence-corrected chi connectivity index (χ1v) is 8.40. The minimum atomic E-state index is -0.330. The van der Waals surface area contributed by atoms with Crippen molar-refractivity contribution in [2.24, 2.45) is 0 Å². The number of hydrogen-bond acceptors (Lipinski definition) is 3. The summed E-state index contributed by atoms with van der Waals surface area (Å²) in [6.45, 7) is 3.03. The van der Waals surface area contributed by atoms with Gasteiger partial charge in [0.05, 0.1) is 11.5 Å². The average Bonchev–Trinajstić information content (AvgIpc) is 2.94. The van der Waals surface area contributed by atoms with E-state index in [2.05, 4.69) is 0 Å². The molecule has 0 radical (unpaired) electrons. The molecule has 2 aromatic rings. The van der Waals surface area contributed by atoms with Crippen molar-refractivity contribution < 1.29 is 13.6 Å². The predicted octanol–water partition coefficient (Wildman–Crippen LogP) is 4.05. The minimum Gasteiger partial charge on any atom is -0.468 e. The molecule has 0 bridgehead atoms. The van der Waals surface area contributed by atoms with Crippen molar-refractivity contribution in [2.45, 2.75) is 18.6 Å². The Balaban J connectivity index is 1.70. The van der Waals surface area contributed by atoms with E-state index in [9.17, 15) is 9.18 Å². The summed E-state index contributed by atoms with van der Waals surface area (Å²) in [5, 5.41) is 0.280. The average molecular weight is 319 g/mol. The molecule has 1 aliphatic heterocycles. The third kappa shape index (κ3) is 3.19. The number of carbonyl (C=O) groups is 1. The van der Waals surface area contributed by atoms with Gasteiger partial charge in [-0.05, 0) is 43.2 Å². The summed E-state index contributed by atoms with van der Waals surface area (Å²) in [7, 11) is 0. The van der Waals surface area contributed by atoms with Crippen LogP contribution in [0.3, 0.4) is 0 Å². The molecular formula is C17H18FNO2S. The highest BCUT2D eigenvalue weighted by molar-refractivity contribution is 7.99. The fourth-order valence-corrected chi connectivity index (χ4v) is 3.76. The molecule has 1 saturated heterocycles. The summed E-state index contributed by atoms with van der Waals surface area (Å²) < 4.78 is 19.1. The zero-order valence-corrected chi connectivity index (χ0v) is 13.2. The molecule has 5 heteroatoms. The second-order valence-electron chi connectivity index (χ2n) is 5.42. The van der Waals surface area contributed by atoms with Gasteiger partial charge in [-0.1, -0.05) is 6.07 Å². The Morgan fingerprint density at radius 2 is 2.23 bits per heavy atom. The van der Waals surface area contributed by atoms with Crippen LogP contribution in [0.4, 0.5) is 4.39 Å². The van der Waals surface area contributed by atoms with Crippen LogP contribution in [-0.4, -0.2) is 29.6 Å². The molecule has 1 aromatic carbocycles. The molecule has 1 aromatic heterocycles. The molecular weight excluding hydrogens is 301 g/mol. The molecule has 1 fully saturated rings. The first kappa shape index (κ1) is 15.2. The maximum Gasteiger partial charge on any atom is 0.253 e. The van der Waals surface area contributed by atoms with E-state index in [0.717, 1.165) is 17.9 Å². The first-order chi connectivity index (χ1) is 10.6. The quantitative estimate of drug-likeness (QED) is 0.837. The zero-order valence-electron chi connectivity index (χ0n) is 12.4. The van der Waals surface area contributed by atoms with Crippen LogP contribution in [0.2, 0.25) is 0 Å². The summed E-state index contributed by atoms with van der Waals surface area (Å²) >= 11 is 1.80. The largest absolute Gasteiger partial charge is 0.468 e. The molecule has 0 N–H and O–H groups in total. The molecule has 0 unspecified atom stereocenters. The van der Waals surface area contributed by atoms with Crippen molar-refractivity contribution in [3.05, 3.63) is 59.3 Å². The van der Waals surface area contributed by atoms with Crippen molar-refractivity contribution in [3.8, 4) is 0 Å². The second-order valence-corrected chi connectivity index (χ2v) is 6.73. The number of carbonyl (C=O) groups excluding carboxylic acids is 1. The van der Waals surface area contributed by atoms with Crippen molar-refractivity contribution in [1.29, 1.82) is 0 Å². The number of rotatable bonds is 2. The molecule has 3 nitrogen and oxygen atoms in total. The van der Waals surface area contributed by atoms with Crippen molar-refractivity contribution in [3.63, 3.8) is 0 Å². The summed E-state index contributed by atoms with van der Waals surface area (Å²) in [6.07, 6.45) is 2.52. The minimum absolute atomic E-state index is 0.0976. The fraction of sp³-hybridized carbons (Fsp3) is 0.353. The van der Waals surface area contributed by atoms with Gasteiger partial charge in [-0.2, -0.15) is 0 Å². The van der Waals surface area contributed by atoms with Crippen LogP contribution in [0.5, 0.6) is 0 Å². The number of hydrogen-bond donors (Lipinski definition) is 0. The van der Waals surface area contributed by atoms with E-state index in [1.54, 1.807) is 42.0 Å². The molecule has 22 heavy (non-hydrogen) atoms. The third-order valence-electron chi connectivity index (χ3n) is 3.91. The number of thioether (sulfide) groups is 1. The Morgan fingerprint density at radius 3 is 2.95 bits per heavy atom. The van der Waals surface area contributed by atoms with E-state index in [-0.39, 0.29) is 17.0 Å². The van der Waals surface area contributed by atoms with Gasteiger partial charge in [-0.3, -0.25) is 4.79 Å². The topological polar surface area (TPSA) is 33.5 Å². The van der Waals surface area contributed by atoms with E-state index in [4.69, 9.17) is 4.42 Å². The number of benzene rings is 1. The summed E-state index contributed by atoms with van der Waals surface area (Å²) in [5.74, 6) is 1.38. The van der Waals surface area contributed by atoms with Crippen LogP contribution in [0.1, 0.15) is 33.4 Å². The summed E-state index contributed by atoms with van der Waals surface area (Å²) in [5.41, 5.74) is 0.977. The molecule has 2 heterocycles. The second kappa shape index (κ2) is 6.57. The van der Waals surface area contributed by atoms with Gasteiger partial charge in [-0.15, -0.1) is 11.8 Å². The molecule has 1 atom stereocenters. The van der Waals surface area contributed by atoms with Gasteiger partial charge in [0.1, 0.15) is 11.6 Å². The molecule has 0 aliphatic carbocycles. The van der Waals surface area contributed by atoms with Crippen molar-refractivity contribution in [2.75, 3.05) is 18.8 Å². The van der Waals surface area contributed by atoms with E-state index in [1.165, 1.54) is 6.07 Å². The van der Waals surface area contributed by atoms with Gasteiger partial charge in [0.25, 0.3) is 5.91 Å². The van der Waals surface area contributed by atoms with Crippen molar-refractivity contribution >= 4 is 17.7 Å². The van der Waals surface area contributed by atoms with Gasteiger partial charge in [0.2, 0.25) is 0 Å². The molecule has 0 spiro atoms. The van der Waals surface area contributed by atoms with Gasteiger partial charge < -0.3 is 9.32 Å². The van der Waals surface area contributed by atoms with E-state index >= 15 is 0 Å². The standard InChI is InChI=1S/C17H18FNO2S/c1-12-4-5-13(11-14(12)18)17(20)19-7-6-16(22-10-8-19)15-3-2-9-21-15/h2-5,9,11,16H,6-8,10H2,1H3/t16-/m0/s1. The Labute approximate surface area is 133 Å². The summed E-state index contributed by atoms with van der Waals surface area (Å²) in [4.78, 5) is 14.3. The van der Waals surface area contributed by atoms with Crippen LogP contribution >= 0.6 is 11.8 Å². The van der Waals surface area contributed by atoms with Gasteiger partial charge in [0, 0.05) is 24.4 Å². The van der Waals surface area contributed by atoms with Crippen LogP contribution < -0.4 is 0 Å². The normalized spacial score (nSPS) is 19.0. The van der Waals surface area contributed by atoms with Crippen LogP contribution in [0.25, 0.3) is 0 Å². The Hall–Kier alpha value is -1.75. The molecule has 0 saturated carbocycles. The molecule has 1 aliphatic rings. The Bertz CT molecular complexity index is 657. The smallest absolute Gasteiger partial charge is 0.253 e.